The second kappa shape index (κ2) is 2.39. The largest absolute Gasteiger partial charge is 0.395 e. The molecular formula is C4H11O4P. The second-order valence-corrected chi connectivity index (χ2v) is 4.81. The van der Waals surface area contributed by atoms with E-state index in [4.69, 9.17) is 14.9 Å². The van der Waals surface area contributed by atoms with Gasteiger partial charge in [0.25, 0.3) is 0 Å². The van der Waals surface area contributed by atoms with Gasteiger partial charge in [-0.3, -0.25) is 4.57 Å². The van der Waals surface area contributed by atoms with E-state index in [0.29, 0.717) is 0 Å². The van der Waals surface area contributed by atoms with Gasteiger partial charge in [-0.25, -0.2) is 0 Å². The van der Waals surface area contributed by atoms with E-state index in [2.05, 4.69) is 0 Å². The van der Waals surface area contributed by atoms with Crippen LogP contribution in [0.3, 0.4) is 0 Å². The molecule has 0 rings (SSSR count). The number of rotatable bonds is 2. The van der Waals surface area contributed by atoms with Gasteiger partial charge in [-0.05, 0) is 13.8 Å². The van der Waals surface area contributed by atoms with Crippen molar-refractivity contribution in [3.8, 4) is 0 Å². The Balaban J connectivity index is 4.34. The van der Waals surface area contributed by atoms with Crippen molar-refractivity contribution >= 4 is 7.60 Å². The maximum atomic E-state index is 10.4. The molecule has 0 aromatic heterocycles. The summed E-state index contributed by atoms with van der Waals surface area (Å²) in [7, 11) is -4.12. The molecule has 0 bridgehead atoms. The van der Waals surface area contributed by atoms with Crippen molar-refractivity contribution in [2.24, 2.45) is 0 Å². The van der Waals surface area contributed by atoms with Gasteiger partial charge < -0.3 is 14.9 Å². The predicted octanol–water partition coefficient (Wildman–Crippen LogP) is -0.0650. The lowest BCUT2D eigenvalue weighted by Gasteiger charge is -2.22. The third-order valence-electron chi connectivity index (χ3n) is 1.18. The Labute approximate surface area is 53.7 Å². The van der Waals surface area contributed by atoms with Gasteiger partial charge >= 0.3 is 7.60 Å². The Kier molecular flexibility index (Phi) is 2.41. The highest BCUT2D eigenvalue weighted by Gasteiger charge is 2.36. The Morgan fingerprint density at radius 2 is 1.78 bits per heavy atom. The molecule has 9 heavy (non-hydrogen) atoms. The molecule has 4 nitrogen and oxygen atoms in total. The van der Waals surface area contributed by atoms with Crippen molar-refractivity contribution in [3.63, 3.8) is 0 Å². The zero-order valence-corrected chi connectivity index (χ0v) is 6.30. The first-order chi connectivity index (χ1) is 3.81. The Bertz CT molecular complexity index is 136. The number of hydrogen-bond donors (Lipinski definition) is 3. The first-order valence-electron chi connectivity index (χ1n) is 2.48. The molecule has 0 atom stereocenters. The minimum absolute atomic E-state index is 0.503. The van der Waals surface area contributed by atoms with Crippen LogP contribution in [0, 0.1) is 0 Å². The van der Waals surface area contributed by atoms with E-state index in [0.717, 1.165) is 0 Å². The van der Waals surface area contributed by atoms with Gasteiger partial charge in [0.05, 0.1) is 11.8 Å². The summed E-state index contributed by atoms with van der Waals surface area (Å²) < 4.78 is 10.4. The summed E-state index contributed by atoms with van der Waals surface area (Å²) in [6.07, 6.45) is 0. The first-order valence-corrected chi connectivity index (χ1v) is 4.09. The van der Waals surface area contributed by atoms with Gasteiger partial charge in [0.1, 0.15) is 0 Å². The molecule has 0 aromatic carbocycles. The molecule has 0 heterocycles. The van der Waals surface area contributed by atoms with Crippen LogP contribution in [0.2, 0.25) is 0 Å². The summed E-state index contributed by atoms with van der Waals surface area (Å²) in [5.41, 5.74) is 0. The van der Waals surface area contributed by atoms with E-state index in [1.807, 2.05) is 0 Å². The van der Waals surface area contributed by atoms with E-state index in [1.165, 1.54) is 13.8 Å². The van der Waals surface area contributed by atoms with Gasteiger partial charge in [0.15, 0.2) is 0 Å². The molecule has 0 aromatic rings. The van der Waals surface area contributed by atoms with Crippen molar-refractivity contribution < 1.29 is 19.5 Å². The normalized spacial score (nSPS) is 13.9. The first kappa shape index (κ1) is 9.11. The van der Waals surface area contributed by atoms with Gasteiger partial charge in [-0.1, -0.05) is 0 Å². The van der Waals surface area contributed by atoms with Gasteiger partial charge in [-0.2, -0.15) is 0 Å². The van der Waals surface area contributed by atoms with Crippen LogP contribution in [-0.4, -0.2) is 26.7 Å². The van der Waals surface area contributed by atoms with Crippen molar-refractivity contribution in [3.05, 3.63) is 0 Å². The van der Waals surface area contributed by atoms with Crippen LogP contribution in [0.15, 0.2) is 0 Å². The Hall–Kier alpha value is 0.110. The van der Waals surface area contributed by atoms with E-state index in [9.17, 15) is 4.57 Å². The molecule has 0 spiro atoms. The van der Waals surface area contributed by atoms with Crippen molar-refractivity contribution in [2.45, 2.75) is 19.0 Å². The lowest BCUT2D eigenvalue weighted by Crippen LogP contribution is -2.24. The number of aliphatic hydroxyl groups excluding tert-OH is 1. The van der Waals surface area contributed by atoms with E-state index in [-0.39, 0.29) is 0 Å². The van der Waals surface area contributed by atoms with Gasteiger partial charge in [-0.15, -0.1) is 0 Å². The van der Waals surface area contributed by atoms with Crippen molar-refractivity contribution in [2.75, 3.05) is 6.61 Å². The monoisotopic (exact) mass is 154 g/mol. The molecule has 0 saturated carbocycles. The molecule has 0 aliphatic heterocycles. The van der Waals surface area contributed by atoms with Crippen LogP contribution in [-0.2, 0) is 4.57 Å². The number of hydrogen-bond acceptors (Lipinski definition) is 2. The minimum atomic E-state index is -4.12. The minimum Gasteiger partial charge on any atom is -0.395 e. The maximum absolute atomic E-state index is 10.4. The molecule has 0 aliphatic carbocycles. The molecule has 0 aliphatic rings. The standard InChI is InChI=1S/C4H11O4P/c1-4(2,3-5)9(6,7)8/h5H,3H2,1-2H3,(H2,6,7,8). The summed E-state index contributed by atoms with van der Waals surface area (Å²) >= 11 is 0. The van der Waals surface area contributed by atoms with Crippen LogP contribution in [0.1, 0.15) is 13.8 Å². The molecule has 0 amide bonds. The molecule has 0 saturated heterocycles. The second-order valence-electron chi connectivity index (χ2n) is 2.51. The fraction of sp³-hybridized carbons (Fsp3) is 1.00. The highest BCUT2D eigenvalue weighted by atomic mass is 31.2. The van der Waals surface area contributed by atoms with Crippen LogP contribution < -0.4 is 0 Å². The molecule has 3 N–H and O–H groups in total. The average Bonchev–Trinajstić information content (AvgIpc) is 1.64. The lowest BCUT2D eigenvalue weighted by atomic mass is 10.2. The Morgan fingerprint density at radius 1 is 1.44 bits per heavy atom. The molecule has 0 radical (unpaired) electrons. The smallest absolute Gasteiger partial charge is 0.333 e. The van der Waals surface area contributed by atoms with Crippen molar-refractivity contribution in [1.29, 1.82) is 0 Å². The topological polar surface area (TPSA) is 77.8 Å². The lowest BCUT2D eigenvalue weighted by molar-refractivity contribution is 0.229. The Morgan fingerprint density at radius 3 is 1.78 bits per heavy atom. The van der Waals surface area contributed by atoms with E-state index in [1.54, 1.807) is 0 Å². The fourth-order valence-corrected chi connectivity index (χ4v) is 0.276. The zero-order valence-electron chi connectivity index (χ0n) is 5.40. The SMILES string of the molecule is CC(C)(CO)P(=O)(O)O. The molecule has 5 heteroatoms. The van der Waals surface area contributed by atoms with Crippen molar-refractivity contribution in [1.82, 2.24) is 0 Å². The quantitative estimate of drug-likeness (QED) is 0.486. The highest BCUT2D eigenvalue weighted by molar-refractivity contribution is 7.53. The molecule has 56 valence electrons. The fourth-order valence-electron chi connectivity index (χ4n) is 0.0921. The summed E-state index contributed by atoms with van der Waals surface area (Å²) in [6.45, 7) is 2.12. The zero-order chi connectivity index (χ0) is 7.71. The summed E-state index contributed by atoms with van der Waals surface area (Å²) in [4.78, 5) is 17.0. The summed E-state index contributed by atoms with van der Waals surface area (Å²) in [6, 6.07) is 0. The predicted molar refractivity (Wildman–Crippen MR) is 33.2 cm³/mol. The van der Waals surface area contributed by atoms with Crippen LogP contribution >= 0.6 is 7.60 Å². The number of aliphatic hydroxyl groups is 1. The molecule has 0 unspecified atom stereocenters. The molecule has 0 fully saturated rings. The highest BCUT2D eigenvalue weighted by Crippen LogP contribution is 2.49. The molecular weight excluding hydrogens is 143 g/mol. The summed E-state index contributed by atoms with van der Waals surface area (Å²) in [5.74, 6) is 0. The third kappa shape index (κ3) is 2.06. The van der Waals surface area contributed by atoms with Gasteiger partial charge in [0, 0.05) is 0 Å². The van der Waals surface area contributed by atoms with Crippen LogP contribution in [0.25, 0.3) is 0 Å². The van der Waals surface area contributed by atoms with E-state index >= 15 is 0 Å². The van der Waals surface area contributed by atoms with Crippen LogP contribution in [0.5, 0.6) is 0 Å². The van der Waals surface area contributed by atoms with E-state index < -0.39 is 19.4 Å². The summed E-state index contributed by atoms with van der Waals surface area (Å²) in [5, 5.41) is 7.14. The average molecular weight is 154 g/mol. The third-order valence-corrected chi connectivity index (χ3v) is 2.89. The maximum Gasteiger partial charge on any atom is 0.333 e. The van der Waals surface area contributed by atoms with Crippen LogP contribution in [0.4, 0.5) is 0 Å². The van der Waals surface area contributed by atoms with Gasteiger partial charge in [0.2, 0.25) is 0 Å².